The molecule has 0 unspecified atom stereocenters. The molecule has 0 aromatic heterocycles. The monoisotopic (exact) mass is 455 g/mol. The maximum Gasteiger partial charge on any atom is 0.270 e. The third-order valence-electron chi connectivity index (χ3n) is 7.20. The highest BCUT2D eigenvalue weighted by Gasteiger charge is 2.70. The van der Waals surface area contributed by atoms with Crippen molar-refractivity contribution in [1.29, 1.82) is 0 Å². The van der Waals surface area contributed by atoms with E-state index in [0.717, 1.165) is 11.0 Å². The molecule has 4 aliphatic rings. The molecule has 162 valence electrons. The molecule has 2 aromatic carbocycles. The molecule has 2 bridgehead atoms. The Morgan fingerprint density at radius 2 is 1.84 bits per heavy atom. The summed E-state index contributed by atoms with van der Waals surface area (Å²) in [5, 5.41) is 15.2. The van der Waals surface area contributed by atoms with Crippen LogP contribution < -0.4 is 4.90 Å². The van der Waals surface area contributed by atoms with Crippen LogP contribution in [0.25, 0.3) is 0 Å². The van der Waals surface area contributed by atoms with Crippen LogP contribution in [0.3, 0.4) is 0 Å². The molecular weight excluding hydrogens is 441 g/mol. The second kappa shape index (κ2) is 6.59. The lowest BCUT2D eigenvalue weighted by atomic mass is 9.71. The first-order valence-electron chi connectivity index (χ1n) is 10.2. The second-order valence-corrected chi connectivity index (χ2v) is 9.01. The number of nitrogens with zero attached hydrogens (tertiary/aromatic N) is 3. The molecule has 1 saturated heterocycles. The number of nitro benzene ring substituents is 1. The van der Waals surface area contributed by atoms with Gasteiger partial charge in [-0.3, -0.25) is 19.7 Å². The van der Waals surface area contributed by atoms with Crippen molar-refractivity contribution in [3.8, 4) is 0 Å². The van der Waals surface area contributed by atoms with Crippen LogP contribution in [0.15, 0.2) is 47.6 Å². The highest BCUT2D eigenvalue weighted by Crippen LogP contribution is 2.62. The van der Waals surface area contributed by atoms with Gasteiger partial charge in [0.05, 0.1) is 33.2 Å². The van der Waals surface area contributed by atoms with E-state index in [9.17, 15) is 24.1 Å². The number of rotatable bonds is 3. The minimum atomic E-state index is -0.629. The Hall–Kier alpha value is -3.33. The first-order valence-corrected chi connectivity index (χ1v) is 10.6. The minimum absolute atomic E-state index is 0.0545. The molecule has 0 N–H and O–H groups in total. The number of halogens is 2. The van der Waals surface area contributed by atoms with Crippen molar-refractivity contribution in [2.75, 3.05) is 4.90 Å². The Balaban J connectivity index is 1.34. The van der Waals surface area contributed by atoms with Gasteiger partial charge in [0.25, 0.3) is 5.69 Å². The van der Waals surface area contributed by atoms with Gasteiger partial charge in [0.15, 0.2) is 0 Å². The van der Waals surface area contributed by atoms with E-state index in [0.29, 0.717) is 17.7 Å². The van der Waals surface area contributed by atoms with Crippen LogP contribution in [-0.2, 0) is 14.4 Å². The van der Waals surface area contributed by atoms with E-state index in [2.05, 4.69) is 5.16 Å². The van der Waals surface area contributed by atoms with Crippen molar-refractivity contribution < 1.29 is 23.7 Å². The van der Waals surface area contributed by atoms with E-state index in [1.54, 1.807) is 12.1 Å². The number of non-ortho nitro benzene ring substituents is 1. The molecule has 8 nitrogen and oxygen atoms in total. The maximum absolute atomic E-state index is 13.6. The Morgan fingerprint density at radius 1 is 1.09 bits per heavy atom. The summed E-state index contributed by atoms with van der Waals surface area (Å²) in [6.07, 6.45) is 0.290. The van der Waals surface area contributed by atoms with Crippen molar-refractivity contribution in [2.45, 2.75) is 12.5 Å². The smallest absolute Gasteiger partial charge is 0.270 e. The summed E-state index contributed by atoms with van der Waals surface area (Å²) in [7, 11) is 0. The molecular formula is C22H15ClFN3O5. The van der Waals surface area contributed by atoms with Crippen LogP contribution in [0.5, 0.6) is 0 Å². The lowest BCUT2D eigenvalue weighted by Gasteiger charge is -2.29. The van der Waals surface area contributed by atoms with Gasteiger partial charge in [0.2, 0.25) is 11.8 Å². The largest absolute Gasteiger partial charge is 0.391 e. The predicted molar refractivity (Wildman–Crippen MR) is 110 cm³/mol. The summed E-state index contributed by atoms with van der Waals surface area (Å²) < 4.78 is 13.6. The van der Waals surface area contributed by atoms with Crippen LogP contribution >= 0.6 is 11.6 Å². The van der Waals surface area contributed by atoms with E-state index < -0.39 is 22.6 Å². The van der Waals surface area contributed by atoms with Gasteiger partial charge < -0.3 is 4.84 Å². The number of fused-ring (bicyclic) bond motifs is 8. The number of amides is 2. The number of carbonyl (C=O) groups excluding carboxylic acids is 2. The molecule has 2 aliphatic carbocycles. The quantitative estimate of drug-likeness (QED) is 0.400. The molecule has 2 saturated carbocycles. The van der Waals surface area contributed by atoms with E-state index in [1.165, 1.54) is 24.3 Å². The number of hydrogen-bond donors (Lipinski definition) is 0. The standard InChI is InChI=1S/C22H15ClFN3O5/c23-14-7-10(4-5-15(14)24)26-21(28)16-12-8-13(17(16)22(26)29)20-18(12)19(25-32-20)9-2-1-3-11(6-9)27(30)31/h1-7,12-13,16-18,20H,8H2/t12-,13-,16-,17-,18-,20-/m1/s1. The lowest BCUT2D eigenvalue weighted by Crippen LogP contribution is -2.41. The third-order valence-corrected chi connectivity index (χ3v) is 7.49. The molecule has 2 heterocycles. The van der Waals surface area contributed by atoms with Gasteiger partial charge in [-0.1, -0.05) is 28.9 Å². The summed E-state index contributed by atoms with van der Waals surface area (Å²) in [4.78, 5) is 44.1. The molecule has 10 heteroatoms. The fourth-order valence-electron chi connectivity index (χ4n) is 6.02. The molecule has 0 radical (unpaired) electrons. The average molecular weight is 456 g/mol. The SMILES string of the molecule is O=C1[C@@H]2[C@H]3C[C@@H]([C@H]4ON=C(c5cccc([N+](=O)[O-])c5)[C@@H]34)[C@H]2C(=O)N1c1ccc(F)c(Cl)c1. The lowest BCUT2D eigenvalue weighted by molar-refractivity contribution is -0.384. The first kappa shape index (κ1) is 19.4. The van der Waals surface area contributed by atoms with Crippen molar-refractivity contribution in [1.82, 2.24) is 0 Å². The number of oxime groups is 1. The fraction of sp³-hybridized carbons (Fsp3) is 0.318. The molecule has 2 aliphatic heterocycles. The zero-order valence-electron chi connectivity index (χ0n) is 16.4. The topological polar surface area (TPSA) is 102 Å². The Morgan fingerprint density at radius 3 is 2.56 bits per heavy atom. The van der Waals surface area contributed by atoms with Crippen LogP contribution in [0.4, 0.5) is 15.8 Å². The molecule has 6 rings (SSSR count). The van der Waals surface area contributed by atoms with E-state index in [4.69, 9.17) is 16.4 Å². The van der Waals surface area contributed by atoms with Crippen LogP contribution in [0.2, 0.25) is 5.02 Å². The molecule has 6 atom stereocenters. The molecule has 0 spiro atoms. The van der Waals surface area contributed by atoms with Crippen molar-refractivity contribution in [2.24, 2.45) is 34.7 Å². The van der Waals surface area contributed by atoms with Gasteiger partial charge >= 0.3 is 0 Å². The average Bonchev–Trinajstić information content (AvgIpc) is 3.50. The van der Waals surface area contributed by atoms with Gasteiger partial charge in [-0.05, 0) is 30.5 Å². The van der Waals surface area contributed by atoms with E-state index in [-0.39, 0.29) is 52.1 Å². The van der Waals surface area contributed by atoms with Crippen LogP contribution in [0.1, 0.15) is 12.0 Å². The fourth-order valence-corrected chi connectivity index (χ4v) is 6.20. The van der Waals surface area contributed by atoms with Gasteiger partial charge in [-0.2, -0.15) is 0 Å². The Labute approximate surface area is 185 Å². The predicted octanol–water partition coefficient (Wildman–Crippen LogP) is 3.56. The van der Waals surface area contributed by atoms with Crippen molar-refractivity contribution in [3.05, 3.63) is 69.0 Å². The summed E-state index contributed by atoms with van der Waals surface area (Å²) in [5.74, 6) is -2.95. The Kier molecular flexibility index (Phi) is 3.98. The number of carbonyl (C=O) groups is 2. The number of imide groups is 1. The van der Waals surface area contributed by atoms with Gasteiger partial charge in [0, 0.05) is 29.5 Å². The number of benzene rings is 2. The normalized spacial score (nSPS) is 32.1. The van der Waals surface area contributed by atoms with E-state index in [1.807, 2.05) is 0 Å². The van der Waals surface area contributed by atoms with Crippen LogP contribution in [0, 0.1) is 45.5 Å². The Bertz CT molecular complexity index is 1250. The van der Waals surface area contributed by atoms with Gasteiger partial charge in [-0.15, -0.1) is 0 Å². The van der Waals surface area contributed by atoms with Crippen LogP contribution in [-0.4, -0.2) is 28.6 Å². The van der Waals surface area contributed by atoms with Gasteiger partial charge in [0.1, 0.15) is 11.9 Å². The first-order chi connectivity index (χ1) is 15.4. The number of hydrogen-bond acceptors (Lipinski definition) is 6. The zero-order chi connectivity index (χ0) is 22.3. The third kappa shape index (κ3) is 2.45. The highest BCUT2D eigenvalue weighted by atomic mass is 35.5. The summed E-state index contributed by atoms with van der Waals surface area (Å²) >= 11 is 5.87. The number of anilines is 1. The second-order valence-electron chi connectivity index (χ2n) is 8.61. The minimum Gasteiger partial charge on any atom is -0.391 e. The van der Waals surface area contributed by atoms with E-state index >= 15 is 0 Å². The zero-order valence-corrected chi connectivity index (χ0v) is 17.1. The van der Waals surface area contributed by atoms with Crippen molar-refractivity contribution >= 4 is 40.5 Å². The molecule has 2 aromatic rings. The highest BCUT2D eigenvalue weighted by molar-refractivity contribution is 6.31. The molecule has 32 heavy (non-hydrogen) atoms. The molecule has 3 fully saturated rings. The maximum atomic E-state index is 13.6. The molecule has 2 amide bonds. The van der Waals surface area contributed by atoms with Crippen molar-refractivity contribution in [3.63, 3.8) is 0 Å². The summed E-state index contributed by atoms with van der Waals surface area (Å²) in [5.41, 5.74) is 1.35. The summed E-state index contributed by atoms with van der Waals surface area (Å²) in [6, 6.07) is 9.95. The summed E-state index contributed by atoms with van der Waals surface area (Å²) in [6.45, 7) is 0. The number of nitro groups is 1. The van der Waals surface area contributed by atoms with Gasteiger partial charge in [-0.25, -0.2) is 9.29 Å².